The third-order valence-electron chi connectivity index (χ3n) is 3.75. The molecule has 2 N–H and O–H groups in total. The molecule has 3 rings (SSSR count). The first-order valence-corrected chi connectivity index (χ1v) is 8.44. The molecular formula is C21H17ClN2O2. The average molecular weight is 365 g/mol. The first-order valence-electron chi connectivity index (χ1n) is 8.06. The van der Waals surface area contributed by atoms with Crippen molar-refractivity contribution in [3.8, 4) is 0 Å². The van der Waals surface area contributed by atoms with Crippen LogP contribution >= 0.6 is 11.6 Å². The van der Waals surface area contributed by atoms with Crippen LogP contribution in [0.3, 0.4) is 0 Å². The molecule has 130 valence electrons. The molecule has 3 aromatic rings. The van der Waals surface area contributed by atoms with E-state index in [4.69, 9.17) is 11.6 Å². The molecule has 0 bridgehead atoms. The molecule has 26 heavy (non-hydrogen) atoms. The Bertz CT molecular complexity index is 895. The number of rotatable bonds is 4. The van der Waals surface area contributed by atoms with E-state index in [9.17, 15) is 9.59 Å². The summed E-state index contributed by atoms with van der Waals surface area (Å²) < 4.78 is 0. The predicted octanol–water partition coefficient (Wildman–Crippen LogP) is 5.15. The van der Waals surface area contributed by atoms with Gasteiger partial charge in [0.05, 0.1) is 0 Å². The van der Waals surface area contributed by atoms with Crippen molar-refractivity contribution in [1.29, 1.82) is 0 Å². The molecule has 0 unspecified atom stereocenters. The highest BCUT2D eigenvalue weighted by atomic mass is 35.5. The van der Waals surface area contributed by atoms with Crippen molar-refractivity contribution in [1.82, 2.24) is 0 Å². The molecule has 0 aliphatic heterocycles. The van der Waals surface area contributed by atoms with Gasteiger partial charge in [0.2, 0.25) is 0 Å². The Balaban J connectivity index is 1.75. The van der Waals surface area contributed by atoms with E-state index in [1.165, 1.54) is 0 Å². The van der Waals surface area contributed by atoms with Gasteiger partial charge < -0.3 is 10.6 Å². The van der Waals surface area contributed by atoms with Gasteiger partial charge in [-0.1, -0.05) is 35.9 Å². The quantitative estimate of drug-likeness (QED) is 0.672. The third-order valence-corrected chi connectivity index (χ3v) is 3.98. The van der Waals surface area contributed by atoms with Gasteiger partial charge in [-0.3, -0.25) is 9.59 Å². The number of nitrogens with one attached hydrogen (secondary N) is 2. The van der Waals surface area contributed by atoms with Gasteiger partial charge in [-0.2, -0.15) is 0 Å². The Hall–Kier alpha value is -3.11. The topological polar surface area (TPSA) is 58.2 Å². The number of hydrogen-bond donors (Lipinski definition) is 2. The zero-order chi connectivity index (χ0) is 18.5. The lowest BCUT2D eigenvalue weighted by atomic mass is 10.1. The SMILES string of the molecule is Cc1cccc(NC(=O)c2cccc(C(=O)Nc3cccc(Cl)c3)c2)c1. The summed E-state index contributed by atoms with van der Waals surface area (Å²) in [5, 5.41) is 6.14. The Labute approximate surface area is 156 Å². The molecule has 0 saturated carbocycles. The lowest BCUT2D eigenvalue weighted by molar-refractivity contribution is 0.102. The summed E-state index contributed by atoms with van der Waals surface area (Å²) >= 11 is 5.92. The molecule has 0 saturated heterocycles. The van der Waals surface area contributed by atoms with Crippen molar-refractivity contribution in [3.63, 3.8) is 0 Å². The highest BCUT2D eigenvalue weighted by Crippen LogP contribution is 2.17. The Morgan fingerprint density at radius 2 is 1.27 bits per heavy atom. The minimum absolute atomic E-state index is 0.270. The summed E-state index contributed by atoms with van der Waals surface area (Å²) in [7, 11) is 0. The molecule has 0 aliphatic rings. The average Bonchev–Trinajstić information content (AvgIpc) is 2.62. The summed E-state index contributed by atoms with van der Waals surface area (Å²) in [6.07, 6.45) is 0. The molecule has 2 amide bonds. The second-order valence-corrected chi connectivity index (χ2v) is 6.31. The summed E-state index contributed by atoms with van der Waals surface area (Å²) in [4.78, 5) is 24.9. The van der Waals surface area contributed by atoms with Gasteiger partial charge in [-0.25, -0.2) is 0 Å². The van der Waals surface area contributed by atoms with Crippen LogP contribution < -0.4 is 10.6 Å². The van der Waals surface area contributed by atoms with Crippen LogP contribution in [0.1, 0.15) is 26.3 Å². The van der Waals surface area contributed by atoms with Crippen LogP contribution in [0.4, 0.5) is 11.4 Å². The molecule has 0 aromatic heterocycles. The highest BCUT2D eigenvalue weighted by molar-refractivity contribution is 6.31. The molecule has 0 radical (unpaired) electrons. The second-order valence-electron chi connectivity index (χ2n) is 5.87. The Morgan fingerprint density at radius 1 is 0.731 bits per heavy atom. The fourth-order valence-corrected chi connectivity index (χ4v) is 2.69. The van der Waals surface area contributed by atoms with Crippen molar-refractivity contribution in [2.75, 3.05) is 10.6 Å². The highest BCUT2D eigenvalue weighted by Gasteiger charge is 2.11. The third kappa shape index (κ3) is 4.49. The summed E-state index contributed by atoms with van der Waals surface area (Å²) in [6, 6.07) is 21.0. The minimum Gasteiger partial charge on any atom is -0.322 e. The van der Waals surface area contributed by atoms with Gasteiger partial charge in [0.15, 0.2) is 0 Å². The second kappa shape index (κ2) is 7.85. The van der Waals surface area contributed by atoms with E-state index in [0.29, 0.717) is 27.5 Å². The summed E-state index contributed by atoms with van der Waals surface area (Å²) in [5.74, 6) is -0.578. The van der Waals surface area contributed by atoms with Crippen LogP contribution in [0.15, 0.2) is 72.8 Å². The maximum atomic E-state index is 12.4. The van der Waals surface area contributed by atoms with Gasteiger partial charge in [0, 0.05) is 27.5 Å². The van der Waals surface area contributed by atoms with E-state index in [2.05, 4.69) is 10.6 Å². The fourth-order valence-electron chi connectivity index (χ4n) is 2.50. The van der Waals surface area contributed by atoms with Gasteiger partial charge in [0.25, 0.3) is 11.8 Å². The van der Waals surface area contributed by atoms with Gasteiger partial charge in [0.1, 0.15) is 0 Å². The zero-order valence-electron chi connectivity index (χ0n) is 14.1. The molecule has 0 atom stereocenters. The molecule has 0 aliphatic carbocycles. The molecule has 5 heteroatoms. The number of halogens is 1. The molecule has 0 fully saturated rings. The molecular weight excluding hydrogens is 348 g/mol. The Morgan fingerprint density at radius 3 is 1.85 bits per heavy atom. The Kier molecular flexibility index (Phi) is 5.34. The molecule has 0 spiro atoms. The lowest BCUT2D eigenvalue weighted by Crippen LogP contribution is -2.15. The number of carbonyl (C=O) groups excluding carboxylic acids is 2. The number of amides is 2. The largest absolute Gasteiger partial charge is 0.322 e. The number of aryl methyl sites for hydroxylation is 1. The van der Waals surface area contributed by atoms with Crippen molar-refractivity contribution in [2.24, 2.45) is 0 Å². The van der Waals surface area contributed by atoms with Crippen LogP contribution in [0, 0.1) is 6.92 Å². The van der Waals surface area contributed by atoms with Gasteiger partial charge in [-0.15, -0.1) is 0 Å². The monoisotopic (exact) mass is 364 g/mol. The fraction of sp³-hybridized carbons (Fsp3) is 0.0476. The van der Waals surface area contributed by atoms with Crippen molar-refractivity contribution in [3.05, 3.63) is 94.5 Å². The van der Waals surface area contributed by atoms with Crippen LogP contribution in [-0.4, -0.2) is 11.8 Å². The normalized spacial score (nSPS) is 10.2. The van der Waals surface area contributed by atoms with Crippen molar-refractivity contribution >= 4 is 34.8 Å². The van der Waals surface area contributed by atoms with E-state index in [-0.39, 0.29) is 11.8 Å². The van der Waals surface area contributed by atoms with Crippen LogP contribution in [0.5, 0.6) is 0 Å². The first-order chi connectivity index (χ1) is 12.5. The number of carbonyl (C=O) groups is 2. The van der Waals surface area contributed by atoms with Gasteiger partial charge >= 0.3 is 0 Å². The van der Waals surface area contributed by atoms with E-state index in [0.717, 1.165) is 5.56 Å². The van der Waals surface area contributed by atoms with Gasteiger partial charge in [-0.05, 0) is 61.0 Å². The summed E-state index contributed by atoms with van der Waals surface area (Å²) in [6.45, 7) is 1.95. The number of hydrogen-bond acceptors (Lipinski definition) is 2. The minimum atomic E-state index is -0.308. The predicted molar refractivity (Wildman–Crippen MR) is 105 cm³/mol. The number of anilines is 2. The number of benzene rings is 3. The molecule has 4 nitrogen and oxygen atoms in total. The van der Waals surface area contributed by atoms with E-state index in [1.807, 2.05) is 31.2 Å². The standard InChI is InChI=1S/C21H17ClN2O2/c1-14-5-2-9-18(11-14)23-20(25)15-6-3-7-16(12-15)21(26)24-19-10-4-8-17(22)13-19/h2-13H,1H3,(H,23,25)(H,24,26). The maximum Gasteiger partial charge on any atom is 0.255 e. The van der Waals surface area contributed by atoms with Crippen LogP contribution in [-0.2, 0) is 0 Å². The maximum absolute atomic E-state index is 12.4. The van der Waals surface area contributed by atoms with Crippen LogP contribution in [0.2, 0.25) is 5.02 Å². The smallest absolute Gasteiger partial charge is 0.255 e. The van der Waals surface area contributed by atoms with Crippen LogP contribution in [0.25, 0.3) is 0 Å². The van der Waals surface area contributed by atoms with E-state index in [1.54, 1.807) is 48.5 Å². The van der Waals surface area contributed by atoms with E-state index < -0.39 is 0 Å². The lowest BCUT2D eigenvalue weighted by Gasteiger charge is -2.09. The molecule has 0 heterocycles. The van der Waals surface area contributed by atoms with E-state index >= 15 is 0 Å². The van der Waals surface area contributed by atoms with Crippen molar-refractivity contribution < 1.29 is 9.59 Å². The molecule has 3 aromatic carbocycles. The zero-order valence-corrected chi connectivity index (χ0v) is 14.9. The summed E-state index contributed by atoms with van der Waals surface area (Å²) in [5.41, 5.74) is 3.16. The van der Waals surface area contributed by atoms with Crippen molar-refractivity contribution in [2.45, 2.75) is 6.92 Å². The first kappa shape index (κ1) is 17.7.